The number of carbonyl (C=O) groups is 2. The molecule has 102 valence electrons. The summed E-state index contributed by atoms with van der Waals surface area (Å²) in [5.74, 6) is 1.19. The molecule has 7 nitrogen and oxygen atoms in total. The Morgan fingerprint density at radius 3 is 2.79 bits per heavy atom. The summed E-state index contributed by atoms with van der Waals surface area (Å²) in [5, 5.41) is 15.5. The maximum Gasteiger partial charge on any atom is 0.331 e. The van der Waals surface area contributed by atoms with Gasteiger partial charge in [-0.3, -0.25) is 4.68 Å². The van der Waals surface area contributed by atoms with Gasteiger partial charge in [0.25, 0.3) is 0 Å². The number of aryl methyl sites for hydroxylation is 1. The van der Waals surface area contributed by atoms with Gasteiger partial charge >= 0.3 is 12.0 Å². The largest absolute Gasteiger partial charge is 0.479 e. The van der Waals surface area contributed by atoms with E-state index in [9.17, 15) is 9.59 Å². The second-order valence-corrected chi connectivity index (χ2v) is 3.89. The smallest absolute Gasteiger partial charge is 0.331 e. The zero-order chi connectivity index (χ0) is 14.4. The average Bonchev–Trinajstić information content (AvgIpc) is 2.78. The van der Waals surface area contributed by atoms with Crippen LogP contribution in [0.4, 0.5) is 4.79 Å². The summed E-state index contributed by atoms with van der Waals surface area (Å²) in [6.07, 6.45) is 8.08. The highest BCUT2D eigenvalue weighted by atomic mass is 16.4. The van der Waals surface area contributed by atoms with E-state index in [1.165, 1.54) is 22.0 Å². The summed E-state index contributed by atoms with van der Waals surface area (Å²) in [7, 11) is 1.67. The monoisotopic (exact) mass is 264 g/mol. The van der Waals surface area contributed by atoms with Crippen molar-refractivity contribution in [1.29, 1.82) is 0 Å². The third-order valence-corrected chi connectivity index (χ3v) is 2.52. The molecule has 0 fully saturated rings. The summed E-state index contributed by atoms with van der Waals surface area (Å²) >= 11 is 0. The number of hydrogen-bond acceptors (Lipinski definition) is 3. The van der Waals surface area contributed by atoms with Crippen molar-refractivity contribution < 1.29 is 14.7 Å². The lowest BCUT2D eigenvalue weighted by Crippen LogP contribution is -2.43. The lowest BCUT2D eigenvalue weighted by Gasteiger charge is -2.21. The molecule has 7 heteroatoms. The Hall–Kier alpha value is -2.49. The maximum atomic E-state index is 11.9. The molecule has 0 aliphatic heterocycles. The molecule has 0 bridgehead atoms. The highest BCUT2D eigenvalue weighted by molar-refractivity contribution is 5.83. The minimum atomic E-state index is -1.15. The van der Waals surface area contributed by atoms with E-state index in [0.717, 1.165) is 0 Å². The Morgan fingerprint density at radius 1 is 1.68 bits per heavy atom. The quantitative estimate of drug-likeness (QED) is 0.744. The SMILES string of the molecule is C#CCN(CC)C(=O)NC(C(=O)O)c1cnn(C)c1. The third kappa shape index (κ3) is 3.74. The second kappa shape index (κ2) is 6.44. The predicted molar refractivity (Wildman–Crippen MR) is 68.2 cm³/mol. The van der Waals surface area contributed by atoms with Crippen molar-refractivity contribution >= 4 is 12.0 Å². The molecular weight excluding hydrogens is 248 g/mol. The van der Waals surface area contributed by atoms with Crippen LogP contribution in [-0.4, -0.2) is 44.9 Å². The highest BCUT2D eigenvalue weighted by Gasteiger charge is 2.25. The summed E-state index contributed by atoms with van der Waals surface area (Å²) in [6.45, 7) is 2.29. The fourth-order valence-corrected chi connectivity index (χ4v) is 1.53. The molecule has 0 saturated heterocycles. The number of terminal acetylenes is 1. The van der Waals surface area contributed by atoms with Gasteiger partial charge in [-0.25, -0.2) is 9.59 Å². The molecule has 0 aromatic carbocycles. The van der Waals surface area contributed by atoms with E-state index in [-0.39, 0.29) is 6.54 Å². The van der Waals surface area contributed by atoms with E-state index in [1.54, 1.807) is 14.0 Å². The topological polar surface area (TPSA) is 87.5 Å². The van der Waals surface area contributed by atoms with Gasteiger partial charge < -0.3 is 15.3 Å². The van der Waals surface area contributed by atoms with Crippen LogP contribution in [0.15, 0.2) is 12.4 Å². The molecule has 1 atom stereocenters. The fourth-order valence-electron chi connectivity index (χ4n) is 1.53. The molecule has 0 spiro atoms. The first-order chi connectivity index (χ1) is 8.99. The van der Waals surface area contributed by atoms with Gasteiger partial charge in [0.15, 0.2) is 6.04 Å². The number of carboxylic acid groups (broad SMARTS) is 1. The molecule has 1 aromatic heterocycles. The van der Waals surface area contributed by atoms with Gasteiger partial charge in [0.1, 0.15) is 0 Å². The Morgan fingerprint density at radius 2 is 2.37 bits per heavy atom. The van der Waals surface area contributed by atoms with Gasteiger partial charge in [-0.1, -0.05) is 5.92 Å². The number of nitrogens with zero attached hydrogens (tertiary/aromatic N) is 3. The molecule has 0 aliphatic rings. The van der Waals surface area contributed by atoms with Crippen LogP contribution in [0.5, 0.6) is 0 Å². The zero-order valence-electron chi connectivity index (χ0n) is 10.8. The molecule has 1 aromatic rings. The number of carboxylic acids is 1. The summed E-state index contributed by atoms with van der Waals surface area (Å²) < 4.78 is 1.47. The lowest BCUT2D eigenvalue weighted by molar-refractivity contribution is -0.139. The Bertz CT molecular complexity index is 503. The van der Waals surface area contributed by atoms with Crippen LogP contribution >= 0.6 is 0 Å². The Labute approximate surface area is 111 Å². The first kappa shape index (κ1) is 14.6. The number of rotatable bonds is 5. The Balaban J connectivity index is 2.83. The molecule has 1 rings (SSSR count). The first-order valence-electron chi connectivity index (χ1n) is 5.69. The molecular formula is C12H16N4O3. The van der Waals surface area contributed by atoms with Crippen molar-refractivity contribution in [1.82, 2.24) is 20.0 Å². The first-order valence-corrected chi connectivity index (χ1v) is 5.69. The van der Waals surface area contributed by atoms with E-state index >= 15 is 0 Å². The van der Waals surface area contributed by atoms with Gasteiger partial charge in [-0.15, -0.1) is 6.42 Å². The number of urea groups is 1. The van der Waals surface area contributed by atoms with Crippen LogP contribution in [0.1, 0.15) is 18.5 Å². The van der Waals surface area contributed by atoms with Crippen molar-refractivity contribution in [2.45, 2.75) is 13.0 Å². The highest BCUT2D eigenvalue weighted by Crippen LogP contribution is 2.12. The van der Waals surface area contributed by atoms with Crippen LogP contribution in [0.25, 0.3) is 0 Å². The van der Waals surface area contributed by atoms with Gasteiger partial charge in [0.2, 0.25) is 0 Å². The van der Waals surface area contributed by atoms with Crippen LogP contribution in [0, 0.1) is 12.3 Å². The van der Waals surface area contributed by atoms with E-state index < -0.39 is 18.0 Å². The van der Waals surface area contributed by atoms with Gasteiger partial charge in [0.05, 0.1) is 12.7 Å². The number of aliphatic carboxylic acids is 1. The van der Waals surface area contributed by atoms with Gasteiger partial charge in [-0.05, 0) is 6.92 Å². The number of aromatic nitrogens is 2. The van der Waals surface area contributed by atoms with E-state index in [1.807, 2.05) is 0 Å². The maximum absolute atomic E-state index is 11.9. The molecule has 2 N–H and O–H groups in total. The predicted octanol–water partition coefficient (Wildman–Crippen LogP) is 0.211. The average molecular weight is 264 g/mol. The van der Waals surface area contributed by atoms with Crippen LogP contribution < -0.4 is 5.32 Å². The molecule has 0 saturated carbocycles. The Kier molecular flexibility index (Phi) is 4.94. The number of carbonyl (C=O) groups excluding carboxylic acids is 1. The van der Waals surface area contributed by atoms with Gasteiger partial charge in [0, 0.05) is 25.4 Å². The molecule has 0 aliphatic carbocycles. The number of hydrogen-bond donors (Lipinski definition) is 2. The number of nitrogens with one attached hydrogen (secondary N) is 1. The summed E-state index contributed by atoms with van der Waals surface area (Å²) in [6, 6.07) is -1.66. The van der Waals surface area contributed by atoms with Crippen LogP contribution in [0.2, 0.25) is 0 Å². The van der Waals surface area contributed by atoms with Crippen molar-refractivity contribution in [3.8, 4) is 12.3 Å². The number of amides is 2. The summed E-state index contributed by atoms with van der Waals surface area (Å²) in [4.78, 5) is 24.4. The second-order valence-electron chi connectivity index (χ2n) is 3.89. The normalized spacial score (nSPS) is 11.4. The molecule has 1 unspecified atom stereocenters. The molecule has 0 radical (unpaired) electrons. The van der Waals surface area contributed by atoms with E-state index in [4.69, 9.17) is 11.5 Å². The lowest BCUT2D eigenvalue weighted by atomic mass is 10.1. The van der Waals surface area contributed by atoms with Crippen LogP contribution in [-0.2, 0) is 11.8 Å². The van der Waals surface area contributed by atoms with E-state index in [2.05, 4.69) is 16.3 Å². The summed E-state index contributed by atoms with van der Waals surface area (Å²) in [5.41, 5.74) is 0.403. The standard InChI is InChI=1S/C12H16N4O3/c1-4-6-16(5-2)12(19)14-10(11(17)18)9-7-13-15(3)8-9/h1,7-8,10H,5-6H2,2-3H3,(H,14,19)(H,17,18). The molecule has 2 amide bonds. The van der Waals surface area contributed by atoms with Crippen molar-refractivity contribution in [3.63, 3.8) is 0 Å². The van der Waals surface area contributed by atoms with Crippen LogP contribution in [0.3, 0.4) is 0 Å². The minimum absolute atomic E-state index is 0.127. The van der Waals surface area contributed by atoms with E-state index in [0.29, 0.717) is 12.1 Å². The molecule has 1 heterocycles. The van der Waals surface area contributed by atoms with Crippen molar-refractivity contribution in [2.75, 3.05) is 13.1 Å². The zero-order valence-corrected chi connectivity index (χ0v) is 10.8. The minimum Gasteiger partial charge on any atom is -0.479 e. The van der Waals surface area contributed by atoms with Gasteiger partial charge in [-0.2, -0.15) is 5.10 Å². The van der Waals surface area contributed by atoms with Crippen molar-refractivity contribution in [3.05, 3.63) is 18.0 Å². The molecule has 19 heavy (non-hydrogen) atoms. The van der Waals surface area contributed by atoms with Crippen molar-refractivity contribution in [2.24, 2.45) is 7.05 Å². The third-order valence-electron chi connectivity index (χ3n) is 2.52. The fraction of sp³-hybridized carbons (Fsp3) is 0.417.